The molecule has 3 rings (SSSR count). The summed E-state index contributed by atoms with van der Waals surface area (Å²) in [6, 6.07) is 8.90. The van der Waals surface area contributed by atoms with Gasteiger partial charge in [0.15, 0.2) is 0 Å². The molecule has 2 aromatic rings. The highest BCUT2D eigenvalue weighted by Crippen LogP contribution is 2.21. The summed E-state index contributed by atoms with van der Waals surface area (Å²) in [5, 5.41) is 2.84. The largest absolute Gasteiger partial charge is 0.467 e. The van der Waals surface area contributed by atoms with Crippen LogP contribution in [0, 0.1) is 12.8 Å². The lowest BCUT2D eigenvalue weighted by molar-refractivity contribution is -0.145. The molecule has 2 amide bonds. The van der Waals surface area contributed by atoms with Gasteiger partial charge < -0.3 is 15.0 Å². The van der Waals surface area contributed by atoms with E-state index in [0.717, 1.165) is 24.0 Å². The molecule has 1 fully saturated rings. The summed E-state index contributed by atoms with van der Waals surface area (Å²) in [5.41, 5.74) is 2.10. The topological polar surface area (TPSA) is 101 Å². The van der Waals surface area contributed by atoms with Crippen LogP contribution in [0.2, 0.25) is 0 Å². The molecular formula is C25H32N4O4. The minimum Gasteiger partial charge on any atom is -0.467 e. The van der Waals surface area contributed by atoms with Gasteiger partial charge in [0.25, 0.3) is 0 Å². The molecule has 0 spiro atoms. The lowest BCUT2D eigenvalue weighted by Gasteiger charge is -2.32. The van der Waals surface area contributed by atoms with Gasteiger partial charge in [-0.05, 0) is 37.3 Å². The summed E-state index contributed by atoms with van der Waals surface area (Å²) in [6.45, 7) is 3.27. The van der Waals surface area contributed by atoms with Crippen LogP contribution in [0.25, 0.3) is 0 Å². The molecule has 33 heavy (non-hydrogen) atoms. The second kappa shape index (κ2) is 12.1. The Morgan fingerprint density at radius 2 is 1.79 bits per heavy atom. The van der Waals surface area contributed by atoms with E-state index in [4.69, 9.17) is 4.74 Å². The number of benzene rings is 1. The molecule has 0 bridgehead atoms. The first kappa shape index (κ1) is 24.4. The molecular weight excluding hydrogens is 420 g/mol. The Bertz CT molecular complexity index is 925. The van der Waals surface area contributed by atoms with Crippen molar-refractivity contribution in [1.82, 2.24) is 20.2 Å². The fourth-order valence-electron chi connectivity index (χ4n) is 4.03. The van der Waals surface area contributed by atoms with Gasteiger partial charge in [-0.1, -0.05) is 29.8 Å². The normalized spacial score (nSPS) is 15.0. The van der Waals surface area contributed by atoms with E-state index in [1.807, 2.05) is 36.1 Å². The van der Waals surface area contributed by atoms with Gasteiger partial charge in [-0.2, -0.15) is 0 Å². The smallest absolute Gasteiger partial charge is 0.328 e. The van der Waals surface area contributed by atoms with E-state index in [1.54, 1.807) is 18.5 Å². The molecule has 0 unspecified atom stereocenters. The number of amides is 2. The molecule has 1 aromatic heterocycles. The Hall–Kier alpha value is -3.29. The third-order valence-corrected chi connectivity index (χ3v) is 6.00. The fraction of sp³-hybridized carbons (Fsp3) is 0.480. The van der Waals surface area contributed by atoms with E-state index in [1.165, 1.54) is 7.11 Å². The number of likely N-dealkylation sites (tertiary alicyclic amines) is 1. The van der Waals surface area contributed by atoms with Crippen molar-refractivity contribution in [2.45, 2.75) is 51.5 Å². The SMILES string of the molecule is COC(=O)[C@H](Cc1ccc(C)cc1)NC(=O)CC1CCN(C(=O)CCc2ncccn2)CC1. The molecule has 2 heterocycles. The van der Waals surface area contributed by atoms with Crippen LogP contribution in [0.4, 0.5) is 0 Å². The van der Waals surface area contributed by atoms with Crippen LogP contribution in [0.1, 0.15) is 42.6 Å². The molecule has 1 aliphatic heterocycles. The van der Waals surface area contributed by atoms with Crippen molar-refractivity contribution in [2.75, 3.05) is 20.2 Å². The zero-order chi connectivity index (χ0) is 23.6. The zero-order valence-corrected chi connectivity index (χ0v) is 19.3. The number of hydrogen-bond acceptors (Lipinski definition) is 6. The number of nitrogens with one attached hydrogen (secondary N) is 1. The van der Waals surface area contributed by atoms with Crippen LogP contribution in [-0.2, 0) is 32.0 Å². The van der Waals surface area contributed by atoms with Crippen molar-refractivity contribution in [3.63, 3.8) is 0 Å². The number of hydrogen-bond donors (Lipinski definition) is 1. The minimum absolute atomic E-state index is 0.0919. The van der Waals surface area contributed by atoms with E-state index in [0.29, 0.717) is 44.6 Å². The van der Waals surface area contributed by atoms with Crippen molar-refractivity contribution in [3.05, 3.63) is 59.7 Å². The van der Waals surface area contributed by atoms with Crippen molar-refractivity contribution < 1.29 is 19.1 Å². The second-order valence-electron chi connectivity index (χ2n) is 8.53. The Balaban J connectivity index is 1.43. The third kappa shape index (κ3) is 7.66. The van der Waals surface area contributed by atoms with E-state index in [2.05, 4.69) is 15.3 Å². The van der Waals surface area contributed by atoms with Crippen LogP contribution in [0.5, 0.6) is 0 Å². The molecule has 176 valence electrons. The number of piperidine rings is 1. The number of esters is 1. The van der Waals surface area contributed by atoms with E-state index < -0.39 is 12.0 Å². The van der Waals surface area contributed by atoms with Gasteiger partial charge in [0.05, 0.1) is 7.11 Å². The van der Waals surface area contributed by atoms with Crippen LogP contribution in [-0.4, -0.2) is 58.9 Å². The van der Waals surface area contributed by atoms with Crippen molar-refractivity contribution in [3.8, 4) is 0 Å². The van der Waals surface area contributed by atoms with Crippen LogP contribution >= 0.6 is 0 Å². The van der Waals surface area contributed by atoms with Crippen LogP contribution in [0.3, 0.4) is 0 Å². The molecule has 1 N–H and O–H groups in total. The number of carbonyl (C=O) groups excluding carboxylic acids is 3. The highest BCUT2D eigenvalue weighted by molar-refractivity contribution is 5.84. The number of aryl methyl sites for hydroxylation is 2. The number of aromatic nitrogens is 2. The maximum absolute atomic E-state index is 12.6. The molecule has 0 saturated carbocycles. The monoisotopic (exact) mass is 452 g/mol. The lowest BCUT2D eigenvalue weighted by atomic mass is 9.92. The first-order chi connectivity index (χ1) is 15.9. The molecule has 1 aliphatic rings. The highest BCUT2D eigenvalue weighted by atomic mass is 16.5. The van der Waals surface area contributed by atoms with E-state index in [9.17, 15) is 14.4 Å². The van der Waals surface area contributed by atoms with E-state index >= 15 is 0 Å². The van der Waals surface area contributed by atoms with Gasteiger partial charge in [-0.25, -0.2) is 14.8 Å². The molecule has 0 radical (unpaired) electrons. The average molecular weight is 453 g/mol. The number of ether oxygens (including phenoxy) is 1. The first-order valence-corrected chi connectivity index (χ1v) is 11.4. The second-order valence-corrected chi connectivity index (χ2v) is 8.53. The fourth-order valence-corrected chi connectivity index (χ4v) is 4.03. The maximum Gasteiger partial charge on any atom is 0.328 e. The van der Waals surface area contributed by atoms with Crippen molar-refractivity contribution in [1.29, 1.82) is 0 Å². The number of nitrogens with zero attached hydrogens (tertiary/aromatic N) is 3. The Kier molecular flexibility index (Phi) is 8.92. The van der Waals surface area contributed by atoms with Gasteiger partial charge in [-0.15, -0.1) is 0 Å². The summed E-state index contributed by atoms with van der Waals surface area (Å²) < 4.78 is 4.89. The molecule has 1 atom stereocenters. The minimum atomic E-state index is -0.716. The molecule has 1 aromatic carbocycles. The van der Waals surface area contributed by atoms with Crippen LogP contribution < -0.4 is 5.32 Å². The third-order valence-electron chi connectivity index (χ3n) is 6.00. The van der Waals surface area contributed by atoms with Gasteiger partial charge in [0.2, 0.25) is 11.8 Å². The van der Waals surface area contributed by atoms with Crippen LogP contribution in [0.15, 0.2) is 42.7 Å². The molecule has 0 aliphatic carbocycles. The molecule has 1 saturated heterocycles. The van der Waals surface area contributed by atoms with Crippen molar-refractivity contribution in [2.24, 2.45) is 5.92 Å². The van der Waals surface area contributed by atoms with Gasteiger partial charge in [-0.3, -0.25) is 9.59 Å². The number of methoxy groups -OCH3 is 1. The lowest BCUT2D eigenvalue weighted by Crippen LogP contribution is -2.44. The van der Waals surface area contributed by atoms with Gasteiger partial charge >= 0.3 is 5.97 Å². The Labute approximate surface area is 194 Å². The first-order valence-electron chi connectivity index (χ1n) is 11.4. The summed E-state index contributed by atoms with van der Waals surface area (Å²) in [4.78, 5) is 47.5. The average Bonchev–Trinajstić information content (AvgIpc) is 2.84. The standard InChI is InChI=1S/C25H32N4O4/c1-18-4-6-19(7-5-18)16-21(25(32)33-2)28-23(30)17-20-10-14-29(15-11-20)24(31)9-8-22-26-12-3-13-27-22/h3-7,12-13,20-21H,8-11,14-17H2,1-2H3,(H,28,30)/t21-/m0/s1. The summed E-state index contributed by atoms with van der Waals surface area (Å²) in [7, 11) is 1.33. The quantitative estimate of drug-likeness (QED) is 0.586. The predicted molar refractivity (Wildman–Crippen MR) is 123 cm³/mol. The predicted octanol–water partition coefficient (Wildman–Crippen LogP) is 2.25. The van der Waals surface area contributed by atoms with E-state index in [-0.39, 0.29) is 17.7 Å². The summed E-state index contributed by atoms with van der Waals surface area (Å²) in [6.07, 6.45) is 6.51. The summed E-state index contributed by atoms with van der Waals surface area (Å²) >= 11 is 0. The van der Waals surface area contributed by atoms with Crippen molar-refractivity contribution >= 4 is 17.8 Å². The Morgan fingerprint density at radius 1 is 1.12 bits per heavy atom. The number of carbonyl (C=O) groups is 3. The summed E-state index contributed by atoms with van der Waals surface area (Å²) in [5.74, 6) is 0.330. The molecule has 8 nitrogen and oxygen atoms in total. The van der Waals surface area contributed by atoms with Gasteiger partial charge in [0, 0.05) is 51.2 Å². The molecule has 8 heteroatoms. The zero-order valence-electron chi connectivity index (χ0n) is 19.3. The van der Waals surface area contributed by atoms with Gasteiger partial charge in [0.1, 0.15) is 11.9 Å². The number of rotatable bonds is 9. The highest BCUT2D eigenvalue weighted by Gasteiger charge is 2.27. The Morgan fingerprint density at radius 3 is 2.42 bits per heavy atom. The maximum atomic E-state index is 12.6.